The number of carbonyl (C=O) groups is 2. The quantitative estimate of drug-likeness (QED) is 0.766. The molecule has 0 aliphatic carbocycles. The molecule has 0 saturated heterocycles. The van der Waals surface area contributed by atoms with Crippen LogP contribution in [0.15, 0.2) is 18.2 Å². The Bertz CT molecular complexity index is 539. The first kappa shape index (κ1) is 13.2. The summed E-state index contributed by atoms with van der Waals surface area (Å²) in [6, 6.07) is 4.68. The van der Waals surface area contributed by atoms with E-state index in [2.05, 4.69) is 5.32 Å². The standard InChI is InChI=1S/C13H16N2O4/c1-13(2,12(18)19)15-6-5-14-9-4-3-8(11(16)17)7-10(9)15/h3-4,7,14H,5-6H2,1-2H3,(H,16,17)(H,18,19). The zero-order chi connectivity index (χ0) is 14.2. The number of aliphatic carboxylic acids is 1. The molecule has 2 rings (SSSR count). The molecule has 0 atom stereocenters. The summed E-state index contributed by atoms with van der Waals surface area (Å²) in [5, 5.41) is 21.5. The Kier molecular flexibility index (Phi) is 3.09. The minimum atomic E-state index is -1.09. The van der Waals surface area contributed by atoms with E-state index in [4.69, 9.17) is 5.11 Å². The number of carboxylic acids is 2. The third-order valence-corrected chi connectivity index (χ3v) is 3.38. The van der Waals surface area contributed by atoms with Gasteiger partial charge in [-0.15, -0.1) is 0 Å². The molecule has 0 fully saturated rings. The number of carboxylic acid groups (broad SMARTS) is 2. The molecule has 0 spiro atoms. The molecule has 19 heavy (non-hydrogen) atoms. The highest BCUT2D eigenvalue weighted by Crippen LogP contribution is 2.34. The van der Waals surface area contributed by atoms with E-state index in [-0.39, 0.29) is 5.56 Å². The average molecular weight is 264 g/mol. The van der Waals surface area contributed by atoms with Gasteiger partial charge in [-0.3, -0.25) is 0 Å². The molecule has 6 nitrogen and oxygen atoms in total. The number of rotatable bonds is 3. The van der Waals surface area contributed by atoms with Gasteiger partial charge in [-0.1, -0.05) is 0 Å². The summed E-state index contributed by atoms with van der Waals surface area (Å²) in [5.74, 6) is -1.97. The van der Waals surface area contributed by atoms with Crippen LogP contribution in [0, 0.1) is 0 Å². The van der Waals surface area contributed by atoms with Crippen LogP contribution < -0.4 is 10.2 Å². The highest BCUT2D eigenvalue weighted by atomic mass is 16.4. The second-order valence-electron chi connectivity index (χ2n) is 4.98. The smallest absolute Gasteiger partial charge is 0.335 e. The van der Waals surface area contributed by atoms with Crippen LogP contribution in [0.1, 0.15) is 24.2 Å². The summed E-state index contributed by atoms with van der Waals surface area (Å²) in [7, 11) is 0. The van der Waals surface area contributed by atoms with Gasteiger partial charge in [0, 0.05) is 13.1 Å². The maximum atomic E-state index is 11.4. The molecule has 1 aromatic carbocycles. The first-order chi connectivity index (χ1) is 8.84. The van der Waals surface area contributed by atoms with E-state index in [1.807, 2.05) is 0 Å². The van der Waals surface area contributed by atoms with Crippen molar-refractivity contribution in [3.05, 3.63) is 23.8 Å². The highest BCUT2D eigenvalue weighted by Gasteiger charge is 2.37. The maximum absolute atomic E-state index is 11.4. The van der Waals surface area contributed by atoms with Gasteiger partial charge in [-0.2, -0.15) is 0 Å². The van der Waals surface area contributed by atoms with Gasteiger partial charge >= 0.3 is 11.9 Å². The van der Waals surface area contributed by atoms with Crippen molar-refractivity contribution in [2.75, 3.05) is 23.3 Å². The topological polar surface area (TPSA) is 89.9 Å². The fourth-order valence-electron chi connectivity index (χ4n) is 2.16. The zero-order valence-electron chi connectivity index (χ0n) is 10.8. The summed E-state index contributed by atoms with van der Waals surface area (Å²) < 4.78 is 0. The van der Waals surface area contributed by atoms with Gasteiger partial charge in [-0.05, 0) is 32.0 Å². The second kappa shape index (κ2) is 4.46. The van der Waals surface area contributed by atoms with Crippen LogP contribution in [0.2, 0.25) is 0 Å². The normalized spacial score (nSPS) is 14.5. The number of nitrogens with one attached hydrogen (secondary N) is 1. The van der Waals surface area contributed by atoms with Gasteiger partial charge in [0.1, 0.15) is 5.54 Å². The van der Waals surface area contributed by atoms with Crippen molar-refractivity contribution in [2.45, 2.75) is 19.4 Å². The predicted octanol–water partition coefficient (Wildman–Crippen LogP) is 1.48. The summed E-state index contributed by atoms with van der Waals surface area (Å²) in [5.41, 5.74) is 0.423. The number of nitrogens with zero attached hydrogens (tertiary/aromatic N) is 1. The molecular weight excluding hydrogens is 248 g/mol. The Hall–Kier alpha value is -2.24. The van der Waals surface area contributed by atoms with E-state index in [1.165, 1.54) is 12.1 Å². The summed E-state index contributed by atoms with van der Waals surface area (Å²) in [4.78, 5) is 24.1. The lowest BCUT2D eigenvalue weighted by Crippen LogP contribution is -2.53. The van der Waals surface area contributed by atoms with Gasteiger partial charge in [-0.25, -0.2) is 9.59 Å². The van der Waals surface area contributed by atoms with Gasteiger partial charge in [0.15, 0.2) is 0 Å². The molecule has 3 N–H and O–H groups in total. The first-order valence-corrected chi connectivity index (χ1v) is 5.96. The van der Waals surface area contributed by atoms with Crippen molar-refractivity contribution in [1.82, 2.24) is 0 Å². The second-order valence-corrected chi connectivity index (χ2v) is 4.98. The maximum Gasteiger partial charge on any atom is 0.335 e. The molecule has 0 saturated carbocycles. The lowest BCUT2D eigenvalue weighted by Gasteiger charge is -2.41. The molecule has 0 radical (unpaired) electrons. The number of aromatic carboxylic acids is 1. The number of benzene rings is 1. The Morgan fingerprint density at radius 3 is 2.58 bits per heavy atom. The largest absolute Gasteiger partial charge is 0.480 e. The number of hydrogen-bond acceptors (Lipinski definition) is 4. The van der Waals surface area contributed by atoms with Crippen LogP contribution in [-0.2, 0) is 4.79 Å². The minimum Gasteiger partial charge on any atom is -0.480 e. The van der Waals surface area contributed by atoms with Crippen molar-refractivity contribution in [2.24, 2.45) is 0 Å². The van der Waals surface area contributed by atoms with E-state index < -0.39 is 17.5 Å². The third-order valence-electron chi connectivity index (χ3n) is 3.38. The van der Waals surface area contributed by atoms with E-state index in [9.17, 15) is 14.7 Å². The Labute approximate surface area is 110 Å². The molecule has 0 unspecified atom stereocenters. The molecule has 1 aromatic rings. The Balaban J connectivity index is 2.51. The molecular formula is C13H16N2O4. The molecule has 0 amide bonds. The first-order valence-electron chi connectivity index (χ1n) is 5.96. The molecule has 0 bridgehead atoms. The van der Waals surface area contributed by atoms with Crippen LogP contribution in [0.3, 0.4) is 0 Å². The third kappa shape index (κ3) is 2.21. The van der Waals surface area contributed by atoms with Gasteiger partial charge in [0.25, 0.3) is 0 Å². The van der Waals surface area contributed by atoms with Crippen LogP contribution in [0.25, 0.3) is 0 Å². The number of anilines is 2. The van der Waals surface area contributed by atoms with Gasteiger partial charge < -0.3 is 20.4 Å². The Morgan fingerprint density at radius 1 is 1.32 bits per heavy atom. The van der Waals surface area contributed by atoms with E-state index in [1.54, 1.807) is 24.8 Å². The summed E-state index contributed by atoms with van der Waals surface area (Å²) in [6.45, 7) is 4.35. The molecule has 1 heterocycles. The van der Waals surface area contributed by atoms with Gasteiger partial charge in [0.2, 0.25) is 0 Å². The lowest BCUT2D eigenvalue weighted by atomic mass is 9.99. The van der Waals surface area contributed by atoms with Crippen LogP contribution in [0.4, 0.5) is 11.4 Å². The fraction of sp³-hybridized carbons (Fsp3) is 0.385. The highest BCUT2D eigenvalue weighted by molar-refractivity contribution is 5.93. The SMILES string of the molecule is CC(C)(C(=O)O)N1CCNc2ccc(C(=O)O)cc21. The molecule has 6 heteroatoms. The van der Waals surface area contributed by atoms with E-state index >= 15 is 0 Å². The molecule has 0 aromatic heterocycles. The zero-order valence-corrected chi connectivity index (χ0v) is 10.8. The van der Waals surface area contributed by atoms with Crippen molar-refractivity contribution < 1.29 is 19.8 Å². The minimum absolute atomic E-state index is 0.147. The van der Waals surface area contributed by atoms with E-state index in [0.717, 1.165) is 5.69 Å². The van der Waals surface area contributed by atoms with Crippen molar-refractivity contribution in [1.29, 1.82) is 0 Å². The lowest BCUT2D eigenvalue weighted by molar-refractivity contribution is -0.142. The van der Waals surface area contributed by atoms with Gasteiger partial charge in [0.05, 0.1) is 16.9 Å². The van der Waals surface area contributed by atoms with E-state index in [0.29, 0.717) is 18.8 Å². The Morgan fingerprint density at radius 2 is 2.00 bits per heavy atom. The number of fused-ring (bicyclic) bond motifs is 1. The molecule has 1 aliphatic rings. The van der Waals surface area contributed by atoms with Crippen LogP contribution in [0.5, 0.6) is 0 Å². The summed E-state index contributed by atoms with van der Waals surface area (Å²) >= 11 is 0. The van der Waals surface area contributed by atoms with Crippen molar-refractivity contribution in [3.8, 4) is 0 Å². The summed E-state index contributed by atoms with van der Waals surface area (Å²) in [6.07, 6.45) is 0. The average Bonchev–Trinajstić information content (AvgIpc) is 2.36. The van der Waals surface area contributed by atoms with Crippen LogP contribution in [-0.4, -0.2) is 40.8 Å². The molecule has 102 valence electrons. The van der Waals surface area contributed by atoms with Crippen molar-refractivity contribution in [3.63, 3.8) is 0 Å². The predicted molar refractivity (Wildman–Crippen MR) is 71.0 cm³/mol. The van der Waals surface area contributed by atoms with Crippen LogP contribution >= 0.6 is 0 Å². The number of hydrogen-bond donors (Lipinski definition) is 3. The monoisotopic (exact) mass is 264 g/mol. The molecule has 1 aliphatic heterocycles. The van der Waals surface area contributed by atoms with Crippen molar-refractivity contribution >= 4 is 23.3 Å². The fourth-order valence-corrected chi connectivity index (χ4v) is 2.16.